The molecule has 0 bridgehead atoms. The predicted octanol–water partition coefficient (Wildman–Crippen LogP) is 1.79. The number of aryl methyl sites for hydroxylation is 1. The summed E-state index contributed by atoms with van der Waals surface area (Å²) in [5.41, 5.74) is 2.73. The van der Waals surface area contributed by atoms with E-state index < -0.39 is 0 Å². The SMILES string of the molecule is COCCNCCCc1cccc2c1OCC2. The number of hydrogen-bond donors (Lipinski definition) is 1. The lowest BCUT2D eigenvalue weighted by atomic mass is 10.0. The molecule has 0 fully saturated rings. The van der Waals surface area contributed by atoms with E-state index in [9.17, 15) is 0 Å². The molecule has 0 amide bonds. The minimum absolute atomic E-state index is 0.782. The second-order valence-corrected chi connectivity index (χ2v) is 4.35. The van der Waals surface area contributed by atoms with Crippen LogP contribution in [-0.4, -0.2) is 33.4 Å². The van der Waals surface area contributed by atoms with Crippen LogP contribution in [0.4, 0.5) is 0 Å². The third-order valence-corrected chi connectivity index (χ3v) is 3.08. The highest BCUT2D eigenvalue weighted by molar-refractivity contribution is 5.43. The molecule has 1 aromatic rings. The molecule has 1 aliphatic rings. The third-order valence-electron chi connectivity index (χ3n) is 3.08. The maximum absolute atomic E-state index is 5.68. The first-order chi connectivity index (χ1) is 8.42. The van der Waals surface area contributed by atoms with Crippen LogP contribution in [0, 0.1) is 0 Å². The highest BCUT2D eigenvalue weighted by atomic mass is 16.5. The summed E-state index contributed by atoms with van der Waals surface area (Å²) in [5, 5.41) is 3.36. The van der Waals surface area contributed by atoms with Crippen LogP contribution in [0.2, 0.25) is 0 Å². The number of para-hydroxylation sites is 1. The van der Waals surface area contributed by atoms with Crippen molar-refractivity contribution in [2.75, 3.05) is 33.4 Å². The Hall–Kier alpha value is -1.06. The summed E-state index contributed by atoms with van der Waals surface area (Å²) in [4.78, 5) is 0. The molecule has 1 aromatic carbocycles. The van der Waals surface area contributed by atoms with Gasteiger partial charge in [0.15, 0.2) is 0 Å². The van der Waals surface area contributed by atoms with E-state index in [-0.39, 0.29) is 0 Å². The summed E-state index contributed by atoms with van der Waals surface area (Å²) in [6.45, 7) is 3.59. The Bertz CT molecular complexity index is 352. The standard InChI is InChI=1S/C14H21NO2/c1-16-11-9-15-8-3-6-12-4-2-5-13-7-10-17-14(12)13/h2,4-5,15H,3,6-11H2,1H3. The molecule has 94 valence electrons. The Balaban J connectivity index is 1.74. The molecule has 0 atom stereocenters. The maximum Gasteiger partial charge on any atom is 0.125 e. The molecule has 0 saturated carbocycles. The zero-order valence-electron chi connectivity index (χ0n) is 10.5. The average molecular weight is 235 g/mol. The molecule has 0 spiro atoms. The van der Waals surface area contributed by atoms with E-state index in [1.807, 2.05) is 0 Å². The number of fused-ring (bicyclic) bond motifs is 1. The Kier molecular flexibility index (Phi) is 4.83. The lowest BCUT2D eigenvalue weighted by Crippen LogP contribution is -2.20. The fourth-order valence-corrected chi connectivity index (χ4v) is 2.18. The minimum Gasteiger partial charge on any atom is -0.493 e. The smallest absolute Gasteiger partial charge is 0.125 e. The van der Waals surface area contributed by atoms with E-state index in [1.54, 1.807) is 7.11 Å². The Morgan fingerprint density at radius 1 is 1.35 bits per heavy atom. The first kappa shape index (κ1) is 12.4. The van der Waals surface area contributed by atoms with Crippen LogP contribution in [0.15, 0.2) is 18.2 Å². The summed E-state index contributed by atoms with van der Waals surface area (Å²) < 4.78 is 10.7. The van der Waals surface area contributed by atoms with Gasteiger partial charge in [-0.15, -0.1) is 0 Å². The van der Waals surface area contributed by atoms with Gasteiger partial charge in [0.2, 0.25) is 0 Å². The van der Waals surface area contributed by atoms with Crippen LogP contribution in [0.25, 0.3) is 0 Å². The zero-order chi connectivity index (χ0) is 11.9. The van der Waals surface area contributed by atoms with Gasteiger partial charge in [-0.1, -0.05) is 18.2 Å². The van der Waals surface area contributed by atoms with E-state index in [1.165, 1.54) is 11.1 Å². The van der Waals surface area contributed by atoms with Crippen molar-refractivity contribution in [1.82, 2.24) is 5.32 Å². The highest BCUT2D eigenvalue weighted by Crippen LogP contribution is 2.29. The summed E-state index contributed by atoms with van der Waals surface area (Å²) in [6, 6.07) is 6.49. The van der Waals surface area contributed by atoms with Crippen molar-refractivity contribution in [2.45, 2.75) is 19.3 Å². The van der Waals surface area contributed by atoms with E-state index in [0.717, 1.165) is 51.3 Å². The molecular weight excluding hydrogens is 214 g/mol. The van der Waals surface area contributed by atoms with E-state index in [0.29, 0.717) is 0 Å². The lowest BCUT2D eigenvalue weighted by Gasteiger charge is -2.08. The van der Waals surface area contributed by atoms with E-state index in [2.05, 4.69) is 23.5 Å². The van der Waals surface area contributed by atoms with Crippen LogP contribution < -0.4 is 10.1 Å². The van der Waals surface area contributed by atoms with Gasteiger partial charge in [-0.3, -0.25) is 0 Å². The average Bonchev–Trinajstić information content (AvgIpc) is 2.82. The second-order valence-electron chi connectivity index (χ2n) is 4.35. The largest absolute Gasteiger partial charge is 0.493 e. The highest BCUT2D eigenvalue weighted by Gasteiger charge is 2.14. The second kappa shape index (κ2) is 6.62. The van der Waals surface area contributed by atoms with Crippen molar-refractivity contribution in [1.29, 1.82) is 0 Å². The van der Waals surface area contributed by atoms with Gasteiger partial charge in [0.05, 0.1) is 13.2 Å². The van der Waals surface area contributed by atoms with Crippen LogP contribution in [0.3, 0.4) is 0 Å². The summed E-state index contributed by atoms with van der Waals surface area (Å²) in [6.07, 6.45) is 3.29. The summed E-state index contributed by atoms with van der Waals surface area (Å²) >= 11 is 0. The van der Waals surface area contributed by atoms with Gasteiger partial charge >= 0.3 is 0 Å². The molecule has 3 heteroatoms. The van der Waals surface area contributed by atoms with Crippen molar-refractivity contribution in [2.24, 2.45) is 0 Å². The maximum atomic E-state index is 5.68. The van der Waals surface area contributed by atoms with Crippen molar-refractivity contribution in [3.05, 3.63) is 29.3 Å². The van der Waals surface area contributed by atoms with Gasteiger partial charge in [-0.05, 0) is 30.5 Å². The zero-order valence-corrected chi connectivity index (χ0v) is 10.5. The normalized spacial score (nSPS) is 13.5. The molecule has 0 aromatic heterocycles. The monoisotopic (exact) mass is 235 g/mol. The third kappa shape index (κ3) is 3.45. The van der Waals surface area contributed by atoms with Gasteiger partial charge < -0.3 is 14.8 Å². The molecule has 1 aliphatic heterocycles. The molecule has 17 heavy (non-hydrogen) atoms. The van der Waals surface area contributed by atoms with Gasteiger partial charge in [-0.2, -0.15) is 0 Å². The summed E-state index contributed by atoms with van der Waals surface area (Å²) in [7, 11) is 1.73. The van der Waals surface area contributed by atoms with Gasteiger partial charge in [0.1, 0.15) is 5.75 Å². The topological polar surface area (TPSA) is 30.5 Å². The molecule has 1 heterocycles. The molecule has 1 N–H and O–H groups in total. The van der Waals surface area contributed by atoms with Crippen LogP contribution in [0.1, 0.15) is 17.5 Å². The van der Waals surface area contributed by atoms with Crippen LogP contribution in [-0.2, 0) is 17.6 Å². The minimum atomic E-state index is 0.782. The molecule has 0 aliphatic carbocycles. The molecular formula is C14H21NO2. The first-order valence-electron chi connectivity index (χ1n) is 6.35. The van der Waals surface area contributed by atoms with Crippen LogP contribution in [0.5, 0.6) is 5.75 Å². The van der Waals surface area contributed by atoms with Crippen molar-refractivity contribution in [3.63, 3.8) is 0 Å². The predicted molar refractivity (Wildman–Crippen MR) is 68.7 cm³/mol. The lowest BCUT2D eigenvalue weighted by molar-refractivity contribution is 0.199. The van der Waals surface area contributed by atoms with Gasteiger partial charge in [0, 0.05) is 20.1 Å². The van der Waals surface area contributed by atoms with E-state index in [4.69, 9.17) is 9.47 Å². The fourth-order valence-electron chi connectivity index (χ4n) is 2.18. The Morgan fingerprint density at radius 3 is 3.18 bits per heavy atom. The first-order valence-corrected chi connectivity index (χ1v) is 6.35. The van der Waals surface area contributed by atoms with Crippen LogP contribution >= 0.6 is 0 Å². The van der Waals surface area contributed by atoms with E-state index >= 15 is 0 Å². The number of rotatable bonds is 7. The number of methoxy groups -OCH3 is 1. The number of ether oxygens (including phenoxy) is 2. The van der Waals surface area contributed by atoms with Crippen molar-refractivity contribution >= 4 is 0 Å². The molecule has 2 rings (SSSR count). The molecule has 0 radical (unpaired) electrons. The van der Waals surface area contributed by atoms with Crippen molar-refractivity contribution in [3.8, 4) is 5.75 Å². The Morgan fingerprint density at radius 2 is 2.29 bits per heavy atom. The summed E-state index contributed by atoms with van der Waals surface area (Å²) in [5.74, 6) is 1.14. The number of benzene rings is 1. The van der Waals surface area contributed by atoms with Gasteiger partial charge in [0.25, 0.3) is 0 Å². The molecule has 0 unspecified atom stereocenters. The van der Waals surface area contributed by atoms with Crippen molar-refractivity contribution < 1.29 is 9.47 Å². The molecule has 0 saturated heterocycles. The Labute approximate surface area is 103 Å². The van der Waals surface area contributed by atoms with Gasteiger partial charge in [-0.25, -0.2) is 0 Å². The molecule has 3 nitrogen and oxygen atoms in total. The quantitative estimate of drug-likeness (QED) is 0.731. The fraction of sp³-hybridized carbons (Fsp3) is 0.571. The number of hydrogen-bond acceptors (Lipinski definition) is 3. The number of nitrogens with one attached hydrogen (secondary N) is 1.